The van der Waals surface area contributed by atoms with Crippen LogP contribution in [0, 0.1) is 0 Å². The number of nitrogens with zero attached hydrogens (tertiary/aromatic N) is 2. The van der Waals surface area contributed by atoms with Gasteiger partial charge in [-0.25, -0.2) is 0 Å². The summed E-state index contributed by atoms with van der Waals surface area (Å²) < 4.78 is 42.0. The van der Waals surface area contributed by atoms with Crippen LogP contribution in [0.1, 0.15) is 37.7 Å². The van der Waals surface area contributed by atoms with Crippen LogP contribution in [0.2, 0.25) is 0 Å². The van der Waals surface area contributed by atoms with Gasteiger partial charge in [-0.15, -0.1) is 37.1 Å². The van der Waals surface area contributed by atoms with E-state index in [2.05, 4.69) is 19.9 Å². The van der Waals surface area contributed by atoms with Crippen molar-refractivity contribution >= 4 is 29.9 Å². The summed E-state index contributed by atoms with van der Waals surface area (Å²) in [5, 5.41) is 13.0. The van der Waals surface area contributed by atoms with Gasteiger partial charge in [-0.2, -0.15) is 0 Å². The molecule has 1 aliphatic heterocycles. The highest BCUT2D eigenvalue weighted by molar-refractivity contribution is 14.0. The van der Waals surface area contributed by atoms with E-state index in [1.165, 1.54) is 6.07 Å². The lowest BCUT2D eigenvalue weighted by Gasteiger charge is -2.32. The Morgan fingerprint density at radius 1 is 1.30 bits per heavy atom. The molecule has 152 valence electrons. The maximum absolute atomic E-state index is 12.6. The third-order valence-corrected chi connectivity index (χ3v) is 4.72. The van der Waals surface area contributed by atoms with Gasteiger partial charge in [0, 0.05) is 31.6 Å². The molecule has 0 spiro atoms. The van der Waals surface area contributed by atoms with E-state index in [0.29, 0.717) is 24.9 Å². The van der Waals surface area contributed by atoms with Crippen molar-refractivity contribution in [3.05, 3.63) is 29.8 Å². The molecule has 1 saturated heterocycles. The van der Waals surface area contributed by atoms with Crippen molar-refractivity contribution in [3.63, 3.8) is 0 Å². The fraction of sp³-hybridized carbons (Fsp3) is 0.611. The molecule has 2 N–H and O–H groups in total. The third-order valence-electron chi connectivity index (χ3n) is 4.72. The van der Waals surface area contributed by atoms with E-state index in [0.717, 1.165) is 25.5 Å². The molecule has 9 heteroatoms. The fourth-order valence-electron chi connectivity index (χ4n) is 3.33. The molecule has 0 amide bonds. The van der Waals surface area contributed by atoms with Gasteiger partial charge in [0.05, 0.1) is 6.10 Å². The molecule has 2 atom stereocenters. The quantitative estimate of drug-likeness (QED) is 0.379. The van der Waals surface area contributed by atoms with Gasteiger partial charge in [0.1, 0.15) is 5.75 Å². The first-order valence-corrected chi connectivity index (χ1v) is 8.96. The lowest BCUT2D eigenvalue weighted by atomic mass is 10.1. The predicted molar refractivity (Wildman–Crippen MR) is 108 cm³/mol. The van der Waals surface area contributed by atoms with Gasteiger partial charge in [0.15, 0.2) is 5.96 Å². The Morgan fingerprint density at radius 3 is 2.59 bits per heavy atom. The molecule has 0 aromatic heterocycles. The summed E-state index contributed by atoms with van der Waals surface area (Å²) in [6, 6.07) is 6.33. The Morgan fingerprint density at radius 2 is 1.96 bits per heavy atom. The second kappa shape index (κ2) is 9.31. The van der Waals surface area contributed by atoms with E-state index < -0.39 is 6.36 Å². The van der Waals surface area contributed by atoms with E-state index in [1.807, 2.05) is 6.92 Å². The number of nitrogens with one attached hydrogen (secondary N) is 1. The smallest absolute Gasteiger partial charge is 0.405 e. The lowest BCUT2D eigenvalue weighted by molar-refractivity contribution is -0.274. The van der Waals surface area contributed by atoms with Gasteiger partial charge in [-0.05, 0) is 37.8 Å². The molecular weight excluding hydrogens is 474 g/mol. The first kappa shape index (κ1) is 22.1. The van der Waals surface area contributed by atoms with Crippen molar-refractivity contribution in [2.75, 3.05) is 19.6 Å². The number of hydrogen-bond donors (Lipinski definition) is 2. The molecule has 27 heavy (non-hydrogen) atoms. The maximum atomic E-state index is 12.6. The second-order valence-corrected chi connectivity index (χ2v) is 6.69. The van der Waals surface area contributed by atoms with Crippen molar-refractivity contribution in [1.29, 1.82) is 0 Å². The summed E-state index contributed by atoms with van der Waals surface area (Å²) in [7, 11) is 0. The van der Waals surface area contributed by atoms with Gasteiger partial charge < -0.3 is 20.1 Å². The molecule has 3 rings (SSSR count). The predicted octanol–water partition coefficient (Wildman–Crippen LogP) is 3.48. The Hall–Kier alpha value is -1.23. The van der Waals surface area contributed by atoms with Crippen molar-refractivity contribution in [1.82, 2.24) is 10.2 Å². The van der Waals surface area contributed by atoms with E-state index in [9.17, 15) is 18.3 Å². The van der Waals surface area contributed by atoms with Crippen LogP contribution in [0.3, 0.4) is 0 Å². The minimum atomic E-state index is -4.70. The van der Waals surface area contributed by atoms with Crippen molar-refractivity contribution < 1.29 is 23.0 Å². The summed E-state index contributed by atoms with van der Waals surface area (Å²) in [6.45, 7) is 4.00. The molecule has 1 aromatic carbocycles. The number of aliphatic hydroxyl groups is 1. The van der Waals surface area contributed by atoms with E-state index in [-0.39, 0.29) is 47.8 Å². The molecule has 0 radical (unpaired) electrons. The van der Waals surface area contributed by atoms with E-state index in [1.54, 1.807) is 18.2 Å². The number of benzene rings is 1. The number of halogens is 4. The summed E-state index contributed by atoms with van der Waals surface area (Å²) in [4.78, 5) is 6.60. The number of hydrogen-bond acceptors (Lipinski definition) is 3. The molecule has 2 fully saturated rings. The first-order valence-electron chi connectivity index (χ1n) is 8.96. The van der Waals surface area contributed by atoms with Crippen LogP contribution in [-0.4, -0.2) is 54.1 Å². The molecule has 1 saturated carbocycles. The van der Waals surface area contributed by atoms with Crippen LogP contribution in [0.4, 0.5) is 13.2 Å². The number of para-hydroxylation sites is 1. The molecule has 1 aromatic rings. The Bertz CT molecular complexity index is 649. The average Bonchev–Trinajstić information content (AvgIpc) is 3.33. The summed E-state index contributed by atoms with van der Waals surface area (Å²) in [5.41, 5.74) is 0.562. The maximum Gasteiger partial charge on any atom is 0.573 e. The average molecular weight is 499 g/mol. The van der Waals surface area contributed by atoms with Gasteiger partial charge >= 0.3 is 6.36 Å². The van der Waals surface area contributed by atoms with Crippen LogP contribution < -0.4 is 10.1 Å². The first-order chi connectivity index (χ1) is 12.4. The van der Waals surface area contributed by atoms with Gasteiger partial charge in [-0.3, -0.25) is 4.99 Å². The highest BCUT2D eigenvalue weighted by Gasteiger charge is 2.43. The van der Waals surface area contributed by atoms with E-state index >= 15 is 0 Å². The number of likely N-dealkylation sites (tertiary alicyclic amines) is 1. The molecule has 2 aliphatic rings. The second-order valence-electron chi connectivity index (χ2n) is 6.69. The number of aliphatic imine (C=N–C) groups is 1. The summed E-state index contributed by atoms with van der Waals surface area (Å²) in [6.07, 6.45) is -2.84. The fourth-order valence-corrected chi connectivity index (χ4v) is 3.33. The molecule has 5 nitrogen and oxygen atoms in total. The minimum absolute atomic E-state index is 0. The number of guanidine groups is 1. The topological polar surface area (TPSA) is 57.1 Å². The monoisotopic (exact) mass is 499 g/mol. The van der Waals surface area contributed by atoms with Crippen molar-refractivity contribution in [2.45, 2.75) is 50.6 Å². The molecule has 2 unspecified atom stereocenters. The Labute approximate surface area is 174 Å². The SMILES string of the molecule is CCN=C(NC1CC1c1ccccc1OC(F)(F)F)N1CCC(O)CC1.I. The lowest BCUT2D eigenvalue weighted by Crippen LogP contribution is -2.47. The highest BCUT2D eigenvalue weighted by atomic mass is 127. The van der Waals surface area contributed by atoms with Gasteiger partial charge in [0.2, 0.25) is 0 Å². The van der Waals surface area contributed by atoms with Crippen LogP contribution in [0.25, 0.3) is 0 Å². The van der Waals surface area contributed by atoms with Crippen LogP contribution in [0.5, 0.6) is 5.75 Å². The third kappa shape index (κ3) is 6.13. The van der Waals surface area contributed by atoms with Gasteiger partial charge in [0.25, 0.3) is 0 Å². The van der Waals surface area contributed by atoms with Crippen LogP contribution in [0.15, 0.2) is 29.3 Å². The molecular formula is C18H25F3IN3O2. The van der Waals surface area contributed by atoms with Gasteiger partial charge in [-0.1, -0.05) is 18.2 Å². The summed E-state index contributed by atoms with van der Waals surface area (Å²) >= 11 is 0. The Kier molecular flexibility index (Phi) is 7.61. The molecule has 1 aliphatic carbocycles. The molecule has 1 heterocycles. The number of piperidine rings is 1. The number of rotatable bonds is 4. The van der Waals surface area contributed by atoms with Crippen LogP contribution >= 0.6 is 24.0 Å². The number of ether oxygens (including phenoxy) is 1. The minimum Gasteiger partial charge on any atom is -0.405 e. The number of aliphatic hydroxyl groups excluding tert-OH is 1. The standard InChI is InChI=1S/C18H24F3N3O2.HI/c1-2-22-17(24-9-7-12(25)8-10-24)23-15-11-14(15)13-5-3-4-6-16(13)26-18(19,20)21;/h3-6,12,14-15,25H,2,7-11H2,1H3,(H,22,23);1H. The zero-order valence-electron chi connectivity index (χ0n) is 15.1. The van der Waals surface area contributed by atoms with Crippen LogP contribution in [-0.2, 0) is 0 Å². The van der Waals surface area contributed by atoms with E-state index in [4.69, 9.17) is 0 Å². The Balaban J connectivity index is 0.00000261. The summed E-state index contributed by atoms with van der Waals surface area (Å²) in [5.74, 6) is 0.594. The highest BCUT2D eigenvalue weighted by Crippen LogP contribution is 2.45. The number of alkyl halides is 3. The largest absolute Gasteiger partial charge is 0.573 e. The van der Waals surface area contributed by atoms with Crippen molar-refractivity contribution in [3.8, 4) is 5.75 Å². The van der Waals surface area contributed by atoms with Crippen molar-refractivity contribution in [2.24, 2.45) is 4.99 Å². The normalized spacial score (nSPS) is 23.6. The zero-order chi connectivity index (χ0) is 18.7. The zero-order valence-corrected chi connectivity index (χ0v) is 17.4. The molecule has 0 bridgehead atoms.